The Hall–Kier alpha value is -2.53. The van der Waals surface area contributed by atoms with Crippen molar-refractivity contribution in [2.24, 2.45) is 0 Å². The molecule has 2 rings (SSSR count). The summed E-state index contributed by atoms with van der Waals surface area (Å²) < 4.78 is 0. The van der Waals surface area contributed by atoms with Gasteiger partial charge in [-0.25, -0.2) is 0 Å². The Bertz CT molecular complexity index is 680. The number of hydrogen-bond acceptors (Lipinski definition) is 1. The van der Waals surface area contributed by atoms with E-state index < -0.39 is 0 Å². The average molecular weight is 305 g/mol. The van der Waals surface area contributed by atoms with Crippen LogP contribution in [0.1, 0.15) is 54.1 Å². The molecule has 0 saturated heterocycles. The predicted molar refractivity (Wildman–Crippen MR) is 95.1 cm³/mol. The lowest BCUT2D eigenvalue weighted by atomic mass is 10.1. The first kappa shape index (κ1) is 16.8. The first-order valence-corrected chi connectivity index (χ1v) is 8.21. The van der Waals surface area contributed by atoms with Crippen LogP contribution in [0.3, 0.4) is 0 Å². The fourth-order valence-electron chi connectivity index (χ4n) is 2.28. The van der Waals surface area contributed by atoms with Crippen LogP contribution in [0.15, 0.2) is 54.6 Å². The van der Waals surface area contributed by atoms with Crippen LogP contribution in [0.5, 0.6) is 0 Å². The standard InChI is InChI=1S/C21H23NO/c1-2-3-4-5-9-14-19-15-10-11-16-20(19)21(23)22-17-18-12-7-6-8-13-18/h6-8,10-13,15-16H,2-5,17H2,1H3,(H,22,23). The van der Waals surface area contributed by atoms with Crippen LogP contribution in [0, 0.1) is 11.8 Å². The molecular formula is C21H23NO. The van der Waals surface area contributed by atoms with Crippen LogP contribution >= 0.6 is 0 Å². The van der Waals surface area contributed by atoms with Gasteiger partial charge in [-0.2, -0.15) is 0 Å². The van der Waals surface area contributed by atoms with Crippen molar-refractivity contribution in [3.05, 3.63) is 71.3 Å². The van der Waals surface area contributed by atoms with Gasteiger partial charge >= 0.3 is 0 Å². The van der Waals surface area contributed by atoms with Gasteiger partial charge in [-0.05, 0) is 24.1 Å². The number of rotatable bonds is 6. The number of benzene rings is 2. The second kappa shape index (κ2) is 9.48. The lowest BCUT2D eigenvalue weighted by molar-refractivity contribution is 0.0950. The summed E-state index contributed by atoms with van der Waals surface area (Å²) in [6.45, 7) is 2.71. The molecule has 0 saturated carbocycles. The van der Waals surface area contributed by atoms with Gasteiger partial charge in [-0.15, -0.1) is 0 Å². The molecule has 2 heteroatoms. The monoisotopic (exact) mass is 305 g/mol. The zero-order chi connectivity index (χ0) is 16.3. The third-order valence-electron chi connectivity index (χ3n) is 3.60. The highest BCUT2D eigenvalue weighted by molar-refractivity contribution is 5.96. The van der Waals surface area contributed by atoms with E-state index in [2.05, 4.69) is 24.1 Å². The molecule has 0 aliphatic rings. The second-order valence-corrected chi connectivity index (χ2v) is 5.47. The summed E-state index contributed by atoms with van der Waals surface area (Å²) in [5, 5.41) is 2.96. The summed E-state index contributed by atoms with van der Waals surface area (Å²) in [4.78, 5) is 12.4. The second-order valence-electron chi connectivity index (χ2n) is 5.47. The molecular weight excluding hydrogens is 282 g/mol. The molecule has 2 aromatic carbocycles. The fourth-order valence-corrected chi connectivity index (χ4v) is 2.28. The normalized spacial score (nSPS) is 9.78. The number of unbranched alkanes of at least 4 members (excludes halogenated alkanes) is 3. The summed E-state index contributed by atoms with van der Waals surface area (Å²) in [6, 6.07) is 17.4. The highest BCUT2D eigenvalue weighted by Crippen LogP contribution is 2.08. The number of carbonyl (C=O) groups is 1. The minimum Gasteiger partial charge on any atom is -0.348 e. The van der Waals surface area contributed by atoms with Gasteiger partial charge in [0.2, 0.25) is 0 Å². The summed E-state index contributed by atoms with van der Waals surface area (Å²) in [5.74, 6) is 6.24. The van der Waals surface area contributed by atoms with E-state index >= 15 is 0 Å². The van der Waals surface area contributed by atoms with Crippen molar-refractivity contribution in [1.29, 1.82) is 0 Å². The number of amides is 1. The predicted octanol–water partition coefficient (Wildman–Crippen LogP) is 4.55. The first-order valence-electron chi connectivity index (χ1n) is 8.21. The Morgan fingerprint density at radius 2 is 1.74 bits per heavy atom. The number of hydrogen-bond donors (Lipinski definition) is 1. The summed E-state index contributed by atoms with van der Waals surface area (Å²) >= 11 is 0. The van der Waals surface area contributed by atoms with Gasteiger partial charge in [-0.3, -0.25) is 4.79 Å². The molecule has 2 nitrogen and oxygen atoms in total. The van der Waals surface area contributed by atoms with Crippen molar-refractivity contribution in [2.45, 2.75) is 39.2 Å². The molecule has 2 aromatic rings. The molecule has 0 fully saturated rings. The topological polar surface area (TPSA) is 29.1 Å². The van der Waals surface area contributed by atoms with Gasteiger partial charge in [0.05, 0.1) is 5.56 Å². The first-order chi connectivity index (χ1) is 11.3. The third kappa shape index (κ3) is 5.64. The molecule has 0 spiro atoms. The molecule has 0 aliphatic heterocycles. The lowest BCUT2D eigenvalue weighted by Crippen LogP contribution is -2.23. The van der Waals surface area contributed by atoms with Gasteiger partial charge in [0.15, 0.2) is 0 Å². The molecule has 23 heavy (non-hydrogen) atoms. The highest BCUT2D eigenvalue weighted by atomic mass is 16.1. The fraction of sp³-hybridized carbons (Fsp3) is 0.286. The largest absolute Gasteiger partial charge is 0.348 e. The smallest absolute Gasteiger partial charge is 0.252 e. The van der Waals surface area contributed by atoms with Gasteiger partial charge in [0, 0.05) is 18.5 Å². The van der Waals surface area contributed by atoms with E-state index in [-0.39, 0.29) is 5.91 Å². The Morgan fingerprint density at radius 1 is 1.00 bits per heavy atom. The highest BCUT2D eigenvalue weighted by Gasteiger charge is 2.08. The van der Waals surface area contributed by atoms with E-state index in [1.807, 2.05) is 54.6 Å². The van der Waals surface area contributed by atoms with Crippen LogP contribution in [-0.2, 0) is 6.54 Å². The summed E-state index contributed by atoms with van der Waals surface area (Å²) in [7, 11) is 0. The van der Waals surface area contributed by atoms with Crippen LogP contribution in [-0.4, -0.2) is 5.91 Å². The molecule has 0 aliphatic carbocycles. The maximum Gasteiger partial charge on any atom is 0.252 e. The molecule has 0 aromatic heterocycles. The van der Waals surface area contributed by atoms with E-state index in [4.69, 9.17) is 0 Å². The van der Waals surface area contributed by atoms with E-state index in [9.17, 15) is 4.79 Å². The molecule has 0 unspecified atom stereocenters. The van der Waals surface area contributed by atoms with Crippen molar-refractivity contribution in [3.8, 4) is 11.8 Å². The van der Waals surface area contributed by atoms with Gasteiger partial charge in [0.1, 0.15) is 0 Å². The van der Waals surface area contributed by atoms with Crippen LogP contribution in [0.4, 0.5) is 0 Å². The van der Waals surface area contributed by atoms with Crippen molar-refractivity contribution in [2.75, 3.05) is 0 Å². The van der Waals surface area contributed by atoms with E-state index in [0.717, 1.165) is 24.0 Å². The van der Waals surface area contributed by atoms with Crippen molar-refractivity contribution >= 4 is 5.91 Å². The molecule has 1 N–H and O–H groups in total. The quantitative estimate of drug-likeness (QED) is 0.616. The zero-order valence-corrected chi connectivity index (χ0v) is 13.6. The lowest BCUT2D eigenvalue weighted by Gasteiger charge is -2.07. The summed E-state index contributed by atoms with van der Waals surface area (Å²) in [6.07, 6.45) is 4.40. The molecule has 118 valence electrons. The SMILES string of the molecule is CCCCCC#Cc1ccccc1C(=O)NCc1ccccc1. The molecule has 0 atom stereocenters. The van der Waals surface area contributed by atoms with E-state index in [1.54, 1.807) is 0 Å². The van der Waals surface area contributed by atoms with Crippen molar-refractivity contribution < 1.29 is 4.79 Å². The van der Waals surface area contributed by atoms with Crippen LogP contribution < -0.4 is 5.32 Å². The van der Waals surface area contributed by atoms with E-state index in [1.165, 1.54) is 12.8 Å². The Kier molecular flexibility index (Phi) is 6.94. The van der Waals surface area contributed by atoms with Gasteiger partial charge < -0.3 is 5.32 Å². The van der Waals surface area contributed by atoms with Crippen molar-refractivity contribution in [1.82, 2.24) is 5.32 Å². The molecule has 1 amide bonds. The van der Waals surface area contributed by atoms with Gasteiger partial charge in [0.25, 0.3) is 5.91 Å². The Morgan fingerprint density at radius 3 is 2.52 bits per heavy atom. The summed E-state index contributed by atoms with van der Waals surface area (Å²) in [5.41, 5.74) is 2.53. The Balaban J connectivity index is 1.99. The Labute approximate surface area is 138 Å². The maximum atomic E-state index is 12.4. The molecule has 0 bridgehead atoms. The maximum absolute atomic E-state index is 12.4. The van der Waals surface area contributed by atoms with Crippen LogP contribution in [0.25, 0.3) is 0 Å². The average Bonchev–Trinajstić information content (AvgIpc) is 2.61. The minimum absolute atomic E-state index is 0.0766. The van der Waals surface area contributed by atoms with Crippen LogP contribution in [0.2, 0.25) is 0 Å². The molecule has 0 heterocycles. The van der Waals surface area contributed by atoms with Crippen molar-refractivity contribution in [3.63, 3.8) is 0 Å². The minimum atomic E-state index is -0.0766. The van der Waals surface area contributed by atoms with E-state index in [0.29, 0.717) is 12.1 Å². The number of carbonyl (C=O) groups excluding carboxylic acids is 1. The zero-order valence-electron chi connectivity index (χ0n) is 13.6. The molecule has 0 radical (unpaired) electrons. The number of nitrogens with one attached hydrogen (secondary N) is 1. The van der Waals surface area contributed by atoms with Gasteiger partial charge in [-0.1, -0.05) is 74.1 Å². The third-order valence-corrected chi connectivity index (χ3v) is 3.60.